The van der Waals surface area contributed by atoms with E-state index in [0.29, 0.717) is 0 Å². The van der Waals surface area contributed by atoms with Crippen molar-refractivity contribution in [1.82, 2.24) is 10.0 Å². The van der Waals surface area contributed by atoms with E-state index >= 15 is 0 Å². The summed E-state index contributed by atoms with van der Waals surface area (Å²) >= 11 is 1.03. The Morgan fingerprint density at radius 1 is 0.912 bits per heavy atom. The molecule has 1 heterocycles. The van der Waals surface area contributed by atoms with Gasteiger partial charge in [0.25, 0.3) is 10.0 Å². The normalized spacial score (nSPS) is 13.1. The number of sulfonamides is 1. The number of ether oxygens (including phenoxy) is 2. The zero-order valence-corrected chi connectivity index (χ0v) is 20.2. The fraction of sp³-hybridized carbons (Fsp3) is 0.250. The molecule has 10 heteroatoms. The van der Waals surface area contributed by atoms with E-state index < -0.39 is 34.0 Å². The van der Waals surface area contributed by atoms with Crippen LogP contribution in [0.25, 0.3) is 0 Å². The van der Waals surface area contributed by atoms with E-state index in [9.17, 15) is 18.0 Å². The van der Waals surface area contributed by atoms with E-state index in [2.05, 4.69) is 10.0 Å². The van der Waals surface area contributed by atoms with Crippen LogP contribution < -0.4 is 10.0 Å². The zero-order chi connectivity index (χ0) is 24.4. The second kappa shape index (κ2) is 12.4. The molecule has 180 valence electrons. The molecule has 0 aliphatic rings. The second-order valence-corrected chi connectivity index (χ2v) is 10.3. The van der Waals surface area contributed by atoms with Gasteiger partial charge in [-0.1, -0.05) is 66.7 Å². The summed E-state index contributed by atoms with van der Waals surface area (Å²) in [6, 6.07) is 19.2. The molecule has 2 aromatic carbocycles. The summed E-state index contributed by atoms with van der Waals surface area (Å²) in [7, 11) is -2.74. The number of esters is 1. The van der Waals surface area contributed by atoms with Gasteiger partial charge < -0.3 is 14.8 Å². The average Bonchev–Trinajstić information content (AvgIpc) is 3.40. The van der Waals surface area contributed by atoms with E-state index in [0.717, 1.165) is 22.5 Å². The van der Waals surface area contributed by atoms with Crippen LogP contribution in [0.2, 0.25) is 0 Å². The molecule has 3 aromatic rings. The third-order valence-electron chi connectivity index (χ3n) is 4.85. The van der Waals surface area contributed by atoms with Crippen molar-refractivity contribution in [1.29, 1.82) is 0 Å². The lowest BCUT2D eigenvalue weighted by atomic mass is 10.1. The Balaban J connectivity index is 1.74. The molecule has 34 heavy (non-hydrogen) atoms. The molecule has 0 aliphatic carbocycles. The highest BCUT2D eigenvalue weighted by Gasteiger charge is 2.30. The Bertz CT molecular complexity index is 1150. The topological polar surface area (TPSA) is 111 Å². The molecule has 2 N–H and O–H groups in total. The van der Waals surface area contributed by atoms with Gasteiger partial charge in [-0.25, -0.2) is 13.2 Å². The predicted molar refractivity (Wildman–Crippen MR) is 129 cm³/mol. The van der Waals surface area contributed by atoms with Crippen LogP contribution in [0.3, 0.4) is 0 Å². The predicted octanol–water partition coefficient (Wildman–Crippen LogP) is 2.51. The largest absolute Gasteiger partial charge is 0.467 e. The smallest absolute Gasteiger partial charge is 0.328 e. The number of carbonyl (C=O) groups is 2. The van der Waals surface area contributed by atoms with Crippen molar-refractivity contribution < 1.29 is 27.5 Å². The first-order chi connectivity index (χ1) is 16.4. The number of nitrogens with one attached hydrogen (secondary N) is 2. The van der Waals surface area contributed by atoms with Crippen molar-refractivity contribution >= 4 is 33.2 Å². The molecule has 0 spiro atoms. The number of hydrogen-bond acceptors (Lipinski definition) is 7. The first-order valence-electron chi connectivity index (χ1n) is 10.5. The molecule has 1 amide bonds. The van der Waals surface area contributed by atoms with E-state index in [4.69, 9.17) is 9.47 Å². The highest BCUT2D eigenvalue weighted by atomic mass is 32.2. The molecule has 0 radical (unpaired) electrons. The van der Waals surface area contributed by atoms with E-state index in [1.165, 1.54) is 13.2 Å². The zero-order valence-electron chi connectivity index (χ0n) is 18.5. The molecule has 0 bridgehead atoms. The van der Waals surface area contributed by atoms with Crippen molar-refractivity contribution in [2.24, 2.45) is 0 Å². The molecule has 0 saturated heterocycles. The van der Waals surface area contributed by atoms with Crippen LogP contribution in [0.4, 0.5) is 0 Å². The lowest BCUT2D eigenvalue weighted by Crippen LogP contribution is -2.54. The molecular weight excluding hydrogens is 476 g/mol. The third kappa shape index (κ3) is 7.49. The van der Waals surface area contributed by atoms with Gasteiger partial charge in [-0.15, -0.1) is 11.3 Å². The second-order valence-electron chi connectivity index (χ2n) is 7.38. The molecule has 0 saturated carbocycles. The van der Waals surface area contributed by atoms with Gasteiger partial charge in [-0.3, -0.25) is 4.79 Å². The van der Waals surface area contributed by atoms with E-state index in [1.807, 2.05) is 60.7 Å². The van der Waals surface area contributed by atoms with E-state index in [1.54, 1.807) is 11.4 Å². The maximum Gasteiger partial charge on any atom is 0.328 e. The number of thiophene rings is 1. The Hall–Kier alpha value is -3.05. The third-order valence-corrected chi connectivity index (χ3v) is 7.72. The summed E-state index contributed by atoms with van der Waals surface area (Å²) < 4.78 is 38.5. The lowest BCUT2D eigenvalue weighted by molar-refractivity contribution is -0.145. The fourth-order valence-corrected chi connectivity index (χ4v) is 5.34. The van der Waals surface area contributed by atoms with Crippen molar-refractivity contribution in [3.63, 3.8) is 0 Å². The van der Waals surface area contributed by atoms with Gasteiger partial charge in [0.05, 0.1) is 20.3 Å². The SMILES string of the molecule is COC(=O)[C@H](Cc1ccccc1)NC(=O)[C@@H](COCc1ccccc1)NS(=O)(=O)c1cccs1. The Morgan fingerprint density at radius 3 is 2.15 bits per heavy atom. The highest BCUT2D eigenvalue weighted by molar-refractivity contribution is 7.91. The number of rotatable bonds is 12. The average molecular weight is 503 g/mol. The molecule has 2 atom stereocenters. The van der Waals surface area contributed by atoms with Crippen LogP contribution >= 0.6 is 11.3 Å². The summed E-state index contributed by atoms with van der Waals surface area (Å²) in [5.41, 5.74) is 1.69. The standard InChI is InChI=1S/C24H26N2O6S2/c1-31-24(28)20(15-18-9-4-2-5-10-18)25-23(27)21(17-32-16-19-11-6-3-7-12-19)26-34(29,30)22-13-8-14-33-22/h2-14,20-21,26H,15-17H2,1H3,(H,25,27)/t20-,21+/m0/s1. The van der Waals surface area contributed by atoms with Gasteiger partial charge in [-0.2, -0.15) is 4.72 Å². The maximum atomic E-state index is 13.1. The molecule has 0 aliphatic heterocycles. The van der Waals surface area contributed by atoms with Gasteiger partial charge in [0.15, 0.2) is 0 Å². The first-order valence-corrected chi connectivity index (χ1v) is 12.8. The maximum absolute atomic E-state index is 13.1. The van der Waals surface area contributed by atoms with Crippen LogP contribution in [-0.4, -0.2) is 46.1 Å². The molecule has 8 nitrogen and oxygen atoms in total. The quantitative estimate of drug-likeness (QED) is 0.368. The minimum absolute atomic E-state index is 0.0714. The van der Waals surface area contributed by atoms with Gasteiger partial charge in [0, 0.05) is 6.42 Å². The van der Waals surface area contributed by atoms with Gasteiger partial charge in [0.2, 0.25) is 5.91 Å². The number of benzene rings is 2. The van der Waals surface area contributed by atoms with Gasteiger partial charge in [0.1, 0.15) is 16.3 Å². The summed E-state index contributed by atoms with van der Waals surface area (Å²) in [6.07, 6.45) is 0.189. The number of carbonyl (C=O) groups excluding carboxylic acids is 2. The molecule has 1 aromatic heterocycles. The summed E-state index contributed by atoms with van der Waals surface area (Å²) in [5.74, 6) is -1.33. The summed E-state index contributed by atoms with van der Waals surface area (Å²) in [5, 5.41) is 4.24. The van der Waals surface area contributed by atoms with Gasteiger partial charge in [-0.05, 0) is 22.6 Å². The number of methoxy groups -OCH3 is 1. The van der Waals surface area contributed by atoms with Crippen LogP contribution in [0.5, 0.6) is 0 Å². The van der Waals surface area contributed by atoms with Crippen LogP contribution in [0, 0.1) is 0 Å². The van der Waals surface area contributed by atoms with Crippen LogP contribution in [-0.2, 0) is 42.1 Å². The monoisotopic (exact) mass is 502 g/mol. The molecule has 0 unspecified atom stereocenters. The highest BCUT2D eigenvalue weighted by Crippen LogP contribution is 2.16. The summed E-state index contributed by atoms with van der Waals surface area (Å²) in [4.78, 5) is 25.5. The molecule has 0 fully saturated rings. The molecular formula is C24H26N2O6S2. The van der Waals surface area contributed by atoms with Crippen molar-refractivity contribution in [2.45, 2.75) is 29.3 Å². The number of amides is 1. The van der Waals surface area contributed by atoms with Crippen molar-refractivity contribution in [2.75, 3.05) is 13.7 Å². The lowest BCUT2D eigenvalue weighted by Gasteiger charge is -2.22. The Kier molecular flexibility index (Phi) is 9.34. The van der Waals surface area contributed by atoms with Crippen LogP contribution in [0.15, 0.2) is 82.4 Å². The van der Waals surface area contributed by atoms with Gasteiger partial charge >= 0.3 is 5.97 Å². The Labute approximate surface area is 203 Å². The number of hydrogen-bond donors (Lipinski definition) is 2. The van der Waals surface area contributed by atoms with Crippen molar-refractivity contribution in [3.05, 3.63) is 89.3 Å². The minimum Gasteiger partial charge on any atom is -0.467 e. The Morgan fingerprint density at radius 2 is 1.56 bits per heavy atom. The fourth-order valence-electron chi connectivity index (χ4n) is 3.15. The van der Waals surface area contributed by atoms with Crippen LogP contribution in [0.1, 0.15) is 11.1 Å². The van der Waals surface area contributed by atoms with E-state index in [-0.39, 0.29) is 23.8 Å². The molecule has 3 rings (SSSR count). The minimum atomic E-state index is -3.97. The first kappa shape index (κ1) is 25.6. The summed E-state index contributed by atoms with van der Waals surface area (Å²) in [6.45, 7) is -0.0413. The van der Waals surface area contributed by atoms with Crippen molar-refractivity contribution in [3.8, 4) is 0 Å².